The standard InChI is InChI=1S/C26H26FN3O4/c1-34-22-8-5-19(6-9-22)25(31)28-21-7-10-24(23(16-21)26(32)33)30-13-11-29(12-14-30)17-18-3-2-4-20(27)15-18/h2-10,15-16H,11-14,17H2,1H3,(H,28,31)(H,32,33). The first kappa shape index (κ1) is 23.3. The number of carbonyl (C=O) groups excluding carboxylic acids is 1. The van der Waals surface area contributed by atoms with Crippen molar-refractivity contribution in [3.63, 3.8) is 0 Å². The van der Waals surface area contributed by atoms with Crippen molar-refractivity contribution in [3.05, 3.63) is 89.2 Å². The van der Waals surface area contributed by atoms with Crippen molar-refractivity contribution in [1.82, 2.24) is 4.90 Å². The molecule has 1 fully saturated rings. The number of halogens is 1. The van der Waals surface area contributed by atoms with E-state index in [4.69, 9.17) is 4.74 Å². The fourth-order valence-corrected chi connectivity index (χ4v) is 4.05. The van der Waals surface area contributed by atoms with Crippen LogP contribution >= 0.6 is 0 Å². The van der Waals surface area contributed by atoms with E-state index in [-0.39, 0.29) is 17.3 Å². The number of carboxylic acid groups (broad SMARTS) is 1. The number of carboxylic acids is 1. The van der Waals surface area contributed by atoms with E-state index in [1.807, 2.05) is 11.0 Å². The normalized spacial score (nSPS) is 14.0. The van der Waals surface area contributed by atoms with Crippen LogP contribution < -0.4 is 15.0 Å². The number of ether oxygens (including phenoxy) is 1. The van der Waals surface area contributed by atoms with Crippen LogP contribution in [0.3, 0.4) is 0 Å². The highest BCUT2D eigenvalue weighted by molar-refractivity contribution is 6.05. The maximum atomic E-state index is 13.5. The van der Waals surface area contributed by atoms with Gasteiger partial charge in [0.05, 0.1) is 18.4 Å². The van der Waals surface area contributed by atoms with E-state index in [9.17, 15) is 19.1 Å². The molecule has 1 amide bonds. The monoisotopic (exact) mass is 463 g/mol. The number of piperazine rings is 1. The van der Waals surface area contributed by atoms with E-state index in [1.54, 1.807) is 49.6 Å². The number of amides is 1. The van der Waals surface area contributed by atoms with Gasteiger partial charge in [-0.1, -0.05) is 12.1 Å². The van der Waals surface area contributed by atoms with Gasteiger partial charge in [0.1, 0.15) is 11.6 Å². The first-order valence-electron chi connectivity index (χ1n) is 11.0. The number of nitrogens with one attached hydrogen (secondary N) is 1. The molecule has 0 radical (unpaired) electrons. The third-order valence-electron chi connectivity index (χ3n) is 5.85. The zero-order chi connectivity index (χ0) is 24.1. The topological polar surface area (TPSA) is 82.1 Å². The third-order valence-corrected chi connectivity index (χ3v) is 5.85. The van der Waals surface area contributed by atoms with Gasteiger partial charge in [-0.25, -0.2) is 9.18 Å². The second-order valence-corrected chi connectivity index (χ2v) is 8.11. The summed E-state index contributed by atoms with van der Waals surface area (Å²) in [7, 11) is 1.55. The van der Waals surface area contributed by atoms with Gasteiger partial charge < -0.3 is 20.1 Å². The van der Waals surface area contributed by atoms with E-state index in [2.05, 4.69) is 10.2 Å². The molecule has 34 heavy (non-hydrogen) atoms. The molecule has 1 aliphatic rings. The summed E-state index contributed by atoms with van der Waals surface area (Å²) in [6.07, 6.45) is 0. The number of hydrogen-bond acceptors (Lipinski definition) is 5. The minimum absolute atomic E-state index is 0.131. The summed E-state index contributed by atoms with van der Waals surface area (Å²) in [6, 6.07) is 18.2. The Morgan fingerprint density at radius 1 is 1.00 bits per heavy atom. The van der Waals surface area contributed by atoms with Crippen molar-refractivity contribution in [2.75, 3.05) is 43.5 Å². The van der Waals surface area contributed by atoms with Gasteiger partial charge in [-0.15, -0.1) is 0 Å². The molecule has 3 aromatic carbocycles. The van der Waals surface area contributed by atoms with Crippen molar-refractivity contribution in [3.8, 4) is 5.75 Å². The van der Waals surface area contributed by atoms with Crippen molar-refractivity contribution in [2.45, 2.75) is 6.54 Å². The maximum absolute atomic E-state index is 13.5. The Morgan fingerprint density at radius 3 is 2.38 bits per heavy atom. The summed E-state index contributed by atoms with van der Waals surface area (Å²) in [4.78, 5) is 28.8. The van der Waals surface area contributed by atoms with E-state index in [0.717, 1.165) is 18.7 Å². The molecule has 0 bridgehead atoms. The lowest BCUT2D eigenvalue weighted by Gasteiger charge is -2.36. The lowest BCUT2D eigenvalue weighted by molar-refractivity contribution is 0.0697. The first-order valence-corrected chi connectivity index (χ1v) is 11.0. The molecule has 2 N–H and O–H groups in total. The number of hydrogen-bond donors (Lipinski definition) is 2. The summed E-state index contributed by atoms with van der Waals surface area (Å²) in [5, 5.41) is 12.6. The van der Waals surface area contributed by atoms with Crippen LogP contribution in [0.1, 0.15) is 26.3 Å². The van der Waals surface area contributed by atoms with E-state index in [0.29, 0.717) is 42.3 Å². The highest BCUT2D eigenvalue weighted by Crippen LogP contribution is 2.26. The lowest BCUT2D eigenvalue weighted by Crippen LogP contribution is -2.46. The van der Waals surface area contributed by atoms with Gasteiger partial charge in [0.25, 0.3) is 5.91 Å². The van der Waals surface area contributed by atoms with Gasteiger partial charge in [-0.3, -0.25) is 9.69 Å². The zero-order valence-electron chi connectivity index (χ0n) is 18.8. The molecule has 0 spiro atoms. The number of anilines is 2. The Labute approximate surface area is 197 Å². The summed E-state index contributed by atoms with van der Waals surface area (Å²) >= 11 is 0. The average molecular weight is 464 g/mol. The molecular weight excluding hydrogens is 437 g/mol. The minimum atomic E-state index is -1.06. The maximum Gasteiger partial charge on any atom is 0.337 e. The lowest BCUT2D eigenvalue weighted by atomic mass is 10.1. The molecule has 3 aromatic rings. The van der Waals surface area contributed by atoms with E-state index >= 15 is 0 Å². The molecule has 0 saturated carbocycles. The molecule has 0 atom stereocenters. The number of methoxy groups -OCH3 is 1. The van der Waals surface area contributed by atoms with E-state index < -0.39 is 5.97 Å². The van der Waals surface area contributed by atoms with Gasteiger partial charge in [0, 0.05) is 44.0 Å². The molecule has 0 aliphatic carbocycles. The molecular formula is C26H26FN3O4. The van der Waals surface area contributed by atoms with Gasteiger partial charge in [0.2, 0.25) is 0 Å². The predicted octanol–water partition coefficient (Wildman–Crippen LogP) is 4.11. The number of rotatable bonds is 7. The van der Waals surface area contributed by atoms with Crippen LogP contribution in [-0.4, -0.2) is 55.2 Å². The molecule has 1 heterocycles. The van der Waals surface area contributed by atoms with Crippen LogP contribution in [0, 0.1) is 5.82 Å². The Hall–Kier alpha value is -3.91. The van der Waals surface area contributed by atoms with Crippen LogP contribution in [0.5, 0.6) is 5.75 Å². The van der Waals surface area contributed by atoms with Gasteiger partial charge >= 0.3 is 5.97 Å². The second-order valence-electron chi connectivity index (χ2n) is 8.11. The Morgan fingerprint density at radius 2 is 1.74 bits per heavy atom. The fraction of sp³-hybridized carbons (Fsp3) is 0.231. The third kappa shape index (κ3) is 5.52. The second kappa shape index (κ2) is 10.4. The molecule has 8 heteroatoms. The highest BCUT2D eigenvalue weighted by atomic mass is 19.1. The molecule has 0 unspecified atom stereocenters. The highest BCUT2D eigenvalue weighted by Gasteiger charge is 2.22. The fourth-order valence-electron chi connectivity index (χ4n) is 4.05. The van der Waals surface area contributed by atoms with Crippen LogP contribution in [0.15, 0.2) is 66.7 Å². The molecule has 4 rings (SSSR count). The van der Waals surface area contributed by atoms with Crippen molar-refractivity contribution < 1.29 is 23.8 Å². The van der Waals surface area contributed by atoms with Gasteiger partial charge in [0.15, 0.2) is 0 Å². The summed E-state index contributed by atoms with van der Waals surface area (Å²) in [6.45, 7) is 3.39. The summed E-state index contributed by atoms with van der Waals surface area (Å²) in [5.74, 6) is -0.998. The first-order chi connectivity index (χ1) is 16.4. The summed E-state index contributed by atoms with van der Waals surface area (Å²) in [5.41, 5.74) is 2.51. The van der Waals surface area contributed by atoms with Crippen molar-refractivity contribution >= 4 is 23.3 Å². The Kier molecular flexibility index (Phi) is 7.08. The minimum Gasteiger partial charge on any atom is -0.497 e. The molecule has 7 nitrogen and oxygen atoms in total. The van der Waals surface area contributed by atoms with Gasteiger partial charge in [-0.05, 0) is 60.2 Å². The molecule has 176 valence electrons. The SMILES string of the molecule is COc1ccc(C(=O)Nc2ccc(N3CCN(Cc4cccc(F)c4)CC3)c(C(=O)O)c2)cc1. The average Bonchev–Trinajstić information content (AvgIpc) is 2.84. The van der Waals surface area contributed by atoms with Crippen LogP contribution in [0.25, 0.3) is 0 Å². The van der Waals surface area contributed by atoms with Crippen molar-refractivity contribution in [2.24, 2.45) is 0 Å². The Balaban J connectivity index is 1.42. The van der Waals surface area contributed by atoms with Crippen LogP contribution in [0.4, 0.5) is 15.8 Å². The zero-order valence-corrected chi connectivity index (χ0v) is 18.8. The largest absolute Gasteiger partial charge is 0.497 e. The van der Waals surface area contributed by atoms with E-state index in [1.165, 1.54) is 18.2 Å². The van der Waals surface area contributed by atoms with Crippen LogP contribution in [0.2, 0.25) is 0 Å². The smallest absolute Gasteiger partial charge is 0.337 e. The summed E-state index contributed by atoms with van der Waals surface area (Å²) < 4.78 is 18.6. The number of aromatic carboxylic acids is 1. The molecule has 0 aromatic heterocycles. The number of carbonyl (C=O) groups is 2. The predicted molar refractivity (Wildman–Crippen MR) is 128 cm³/mol. The molecule has 1 saturated heterocycles. The number of nitrogens with zero attached hydrogens (tertiary/aromatic N) is 2. The van der Waals surface area contributed by atoms with Crippen molar-refractivity contribution in [1.29, 1.82) is 0 Å². The quantitative estimate of drug-likeness (QED) is 0.549. The number of benzene rings is 3. The Bertz CT molecular complexity index is 1170. The van der Waals surface area contributed by atoms with Gasteiger partial charge in [-0.2, -0.15) is 0 Å². The van der Waals surface area contributed by atoms with Crippen LogP contribution in [-0.2, 0) is 6.54 Å². The molecule has 1 aliphatic heterocycles.